The van der Waals surface area contributed by atoms with Crippen LogP contribution in [0.4, 0.5) is 0 Å². The van der Waals surface area contributed by atoms with Crippen LogP contribution in [-0.4, -0.2) is 19.6 Å². The van der Waals surface area contributed by atoms with E-state index in [1.807, 2.05) is 31.2 Å². The van der Waals surface area contributed by atoms with Gasteiger partial charge in [0.1, 0.15) is 0 Å². The van der Waals surface area contributed by atoms with E-state index in [0.717, 1.165) is 16.6 Å². The molecule has 5 heteroatoms. The van der Waals surface area contributed by atoms with Gasteiger partial charge >= 0.3 is 0 Å². The molecule has 3 rings (SSSR count). The van der Waals surface area contributed by atoms with Crippen LogP contribution in [0, 0.1) is 6.92 Å². The highest BCUT2D eigenvalue weighted by molar-refractivity contribution is 7.98. The Labute approximate surface area is 109 Å². The molecule has 2 heterocycles. The summed E-state index contributed by atoms with van der Waals surface area (Å²) in [5, 5.41) is 5.20. The molecule has 0 saturated carbocycles. The SMILES string of the molecule is Cc1ccnc2nc(SCc3ccccc3)nn12. The highest BCUT2D eigenvalue weighted by Gasteiger charge is 2.06. The molecule has 1 aromatic carbocycles. The normalized spacial score (nSPS) is 10.9. The Kier molecular flexibility index (Phi) is 2.98. The quantitative estimate of drug-likeness (QED) is 0.676. The number of nitrogens with zero attached hydrogens (tertiary/aromatic N) is 4. The Bertz CT molecular complexity index is 663. The summed E-state index contributed by atoms with van der Waals surface area (Å²) < 4.78 is 1.77. The zero-order valence-electron chi connectivity index (χ0n) is 9.95. The van der Waals surface area contributed by atoms with E-state index >= 15 is 0 Å². The van der Waals surface area contributed by atoms with Crippen LogP contribution in [0.3, 0.4) is 0 Å². The van der Waals surface area contributed by atoms with Crippen molar-refractivity contribution in [3.8, 4) is 0 Å². The average Bonchev–Trinajstić information content (AvgIpc) is 2.82. The molecule has 4 nitrogen and oxygen atoms in total. The fourth-order valence-electron chi connectivity index (χ4n) is 1.67. The lowest BCUT2D eigenvalue weighted by molar-refractivity contribution is 0.848. The molecule has 0 fully saturated rings. The molecule has 3 aromatic rings. The third-order valence-electron chi connectivity index (χ3n) is 2.62. The van der Waals surface area contributed by atoms with Gasteiger partial charge in [-0.2, -0.15) is 4.98 Å². The molecule has 0 aliphatic carbocycles. The summed E-state index contributed by atoms with van der Waals surface area (Å²) in [5.41, 5.74) is 2.31. The summed E-state index contributed by atoms with van der Waals surface area (Å²) >= 11 is 1.62. The summed E-state index contributed by atoms with van der Waals surface area (Å²) in [6.45, 7) is 2.00. The summed E-state index contributed by atoms with van der Waals surface area (Å²) in [4.78, 5) is 8.59. The maximum absolute atomic E-state index is 4.43. The van der Waals surface area contributed by atoms with Crippen LogP contribution in [0.15, 0.2) is 47.8 Å². The van der Waals surface area contributed by atoms with E-state index in [1.165, 1.54) is 5.56 Å². The molecule has 90 valence electrons. The van der Waals surface area contributed by atoms with E-state index in [1.54, 1.807) is 22.5 Å². The monoisotopic (exact) mass is 256 g/mol. The largest absolute Gasteiger partial charge is 0.253 e. The van der Waals surface area contributed by atoms with Gasteiger partial charge in [0.05, 0.1) is 0 Å². The number of thioether (sulfide) groups is 1. The Morgan fingerprint density at radius 1 is 1.17 bits per heavy atom. The number of benzene rings is 1. The molecule has 0 N–H and O–H groups in total. The number of aryl methyl sites for hydroxylation is 1. The molecule has 0 amide bonds. The lowest BCUT2D eigenvalue weighted by Crippen LogP contribution is -1.94. The van der Waals surface area contributed by atoms with Crippen molar-refractivity contribution in [1.82, 2.24) is 19.6 Å². The Balaban J connectivity index is 1.81. The third-order valence-corrected chi connectivity index (χ3v) is 3.53. The second kappa shape index (κ2) is 4.78. The van der Waals surface area contributed by atoms with Gasteiger partial charge in [0.25, 0.3) is 5.78 Å². The summed E-state index contributed by atoms with van der Waals surface area (Å²) in [6.07, 6.45) is 1.75. The van der Waals surface area contributed by atoms with Crippen molar-refractivity contribution in [3.05, 3.63) is 53.9 Å². The minimum atomic E-state index is 0.658. The van der Waals surface area contributed by atoms with Crippen molar-refractivity contribution in [2.24, 2.45) is 0 Å². The van der Waals surface area contributed by atoms with Gasteiger partial charge in [-0.25, -0.2) is 9.50 Å². The molecule has 0 bridgehead atoms. The van der Waals surface area contributed by atoms with Gasteiger partial charge in [0, 0.05) is 17.6 Å². The molecule has 0 aliphatic heterocycles. The number of aromatic nitrogens is 4. The third kappa shape index (κ3) is 2.22. The zero-order valence-corrected chi connectivity index (χ0v) is 10.8. The molecule has 18 heavy (non-hydrogen) atoms. The van der Waals surface area contributed by atoms with Crippen LogP contribution in [-0.2, 0) is 5.75 Å². The standard InChI is InChI=1S/C13H12N4S/c1-10-7-8-14-12-15-13(16-17(10)12)18-9-11-5-3-2-4-6-11/h2-8H,9H2,1H3. The van der Waals surface area contributed by atoms with Crippen LogP contribution >= 0.6 is 11.8 Å². The maximum atomic E-state index is 4.43. The Morgan fingerprint density at radius 2 is 2.00 bits per heavy atom. The molecular weight excluding hydrogens is 244 g/mol. The van der Waals surface area contributed by atoms with E-state index in [4.69, 9.17) is 0 Å². The van der Waals surface area contributed by atoms with Gasteiger partial charge in [-0.1, -0.05) is 42.1 Å². The van der Waals surface area contributed by atoms with Crippen LogP contribution < -0.4 is 0 Å². The minimum Gasteiger partial charge on any atom is -0.220 e. The highest BCUT2D eigenvalue weighted by atomic mass is 32.2. The van der Waals surface area contributed by atoms with E-state index in [-0.39, 0.29) is 0 Å². The summed E-state index contributed by atoms with van der Waals surface area (Å²) in [5.74, 6) is 1.53. The number of rotatable bonds is 3. The maximum Gasteiger partial charge on any atom is 0.253 e. The molecule has 0 aliphatic rings. The van der Waals surface area contributed by atoms with Crippen molar-refractivity contribution in [2.45, 2.75) is 17.8 Å². The fraction of sp³-hybridized carbons (Fsp3) is 0.154. The summed E-state index contributed by atoms with van der Waals surface area (Å²) in [7, 11) is 0. The second-order valence-corrected chi connectivity index (χ2v) is 4.91. The Morgan fingerprint density at radius 3 is 2.78 bits per heavy atom. The first-order valence-electron chi connectivity index (χ1n) is 5.68. The van der Waals surface area contributed by atoms with Crippen molar-refractivity contribution < 1.29 is 0 Å². The average molecular weight is 256 g/mol. The molecule has 0 spiro atoms. The topological polar surface area (TPSA) is 43.1 Å². The Hall–Kier alpha value is -1.88. The molecule has 2 aromatic heterocycles. The van der Waals surface area contributed by atoms with Crippen molar-refractivity contribution in [3.63, 3.8) is 0 Å². The number of hydrogen-bond donors (Lipinski definition) is 0. The van der Waals surface area contributed by atoms with Gasteiger partial charge < -0.3 is 0 Å². The van der Waals surface area contributed by atoms with Crippen molar-refractivity contribution >= 4 is 17.5 Å². The van der Waals surface area contributed by atoms with Crippen molar-refractivity contribution in [2.75, 3.05) is 0 Å². The first-order chi connectivity index (χ1) is 8.83. The van der Waals surface area contributed by atoms with Crippen LogP contribution in [0.1, 0.15) is 11.3 Å². The van der Waals surface area contributed by atoms with Crippen LogP contribution in [0.2, 0.25) is 0 Å². The lowest BCUT2D eigenvalue weighted by Gasteiger charge is -1.96. The number of hydrogen-bond acceptors (Lipinski definition) is 4. The van der Waals surface area contributed by atoms with Crippen LogP contribution in [0.5, 0.6) is 0 Å². The highest BCUT2D eigenvalue weighted by Crippen LogP contribution is 2.19. The summed E-state index contributed by atoms with van der Waals surface area (Å²) in [6, 6.07) is 12.2. The first-order valence-corrected chi connectivity index (χ1v) is 6.66. The van der Waals surface area contributed by atoms with Gasteiger partial charge in [0.2, 0.25) is 5.16 Å². The lowest BCUT2D eigenvalue weighted by atomic mass is 10.2. The van der Waals surface area contributed by atoms with E-state index < -0.39 is 0 Å². The van der Waals surface area contributed by atoms with Crippen LogP contribution in [0.25, 0.3) is 5.78 Å². The predicted molar refractivity (Wildman–Crippen MR) is 71.5 cm³/mol. The molecule has 0 unspecified atom stereocenters. The fourth-order valence-corrected chi connectivity index (χ4v) is 2.45. The van der Waals surface area contributed by atoms with E-state index in [2.05, 4.69) is 27.2 Å². The smallest absolute Gasteiger partial charge is 0.220 e. The van der Waals surface area contributed by atoms with Gasteiger partial charge in [-0.05, 0) is 18.6 Å². The van der Waals surface area contributed by atoms with Gasteiger partial charge in [0.15, 0.2) is 0 Å². The van der Waals surface area contributed by atoms with Crippen molar-refractivity contribution in [1.29, 1.82) is 0 Å². The minimum absolute atomic E-state index is 0.658. The van der Waals surface area contributed by atoms with Gasteiger partial charge in [-0.15, -0.1) is 5.10 Å². The molecule has 0 atom stereocenters. The first kappa shape index (κ1) is 11.2. The predicted octanol–water partition coefficient (Wildman–Crippen LogP) is 2.73. The van der Waals surface area contributed by atoms with E-state index in [0.29, 0.717) is 5.78 Å². The molecule has 0 saturated heterocycles. The van der Waals surface area contributed by atoms with Gasteiger partial charge in [-0.3, -0.25) is 0 Å². The molecular formula is C13H12N4S. The zero-order chi connectivity index (χ0) is 12.4. The van der Waals surface area contributed by atoms with E-state index in [9.17, 15) is 0 Å². The second-order valence-electron chi connectivity index (χ2n) is 3.97. The molecule has 0 radical (unpaired) electrons. The number of fused-ring (bicyclic) bond motifs is 1.